The molecular formula is C16H16ClNO3. The van der Waals surface area contributed by atoms with Crippen LogP contribution < -0.4 is 10.1 Å². The van der Waals surface area contributed by atoms with Gasteiger partial charge in [0.15, 0.2) is 11.5 Å². The number of anilines is 1. The van der Waals surface area contributed by atoms with Crippen LogP contribution >= 0.6 is 11.6 Å². The predicted octanol–water partition coefficient (Wildman–Crippen LogP) is 3.63. The lowest BCUT2D eigenvalue weighted by atomic mass is 10.1. The Bertz CT molecular complexity index is 643. The van der Waals surface area contributed by atoms with Crippen molar-refractivity contribution in [3.05, 3.63) is 53.1 Å². The van der Waals surface area contributed by atoms with Crippen LogP contribution in [0, 0.1) is 0 Å². The van der Waals surface area contributed by atoms with Gasteiger partial charge in [0.1, 0.15) is 0 Å². The van der Waals surface area contributed by atoms with Gasteiger partial charge in [0.25, 0.3) is 0 Å². The molecule has 0 spiro atoms. The van der Waals surface area contributed by atoms with Gasteiger partial charge >= 0.3 is 0 Å². The zero-order valence-corrected chi connectivity index (χ0v) is 12.4. The van der Waals surface area contributed by atoms with Crippen LogP contribution in [0.1, 0.15) is 12.0 Å². The summed E-state index contributed by atoms with van der Waals surface area (Å²) in [5, 5.41) is 13.0. The van der Waals surface area contributed by atoms with E-state index < -0.39 is 0 Å². The van der Waals surface area contributed by atoms with Gasteiger partial charge in [-0.05, 0) is 42.3 Å². The van der Waals surface area contributed by atoms with E-state index in [9.17, 15) is 9.90 Å². The maximum atomic E-state index is 11.9. The maximum Gasteiger partial charge on any atom is 0.224 e. The van der Waals surface area contributed by atoms with Gasteiger partial charge in [0.2, 0.25) is 5.91 Å². The highest BCUT2D eigenvalue weighted by Gasteiger charge is 2.06. The van der Waals surface area contributed by atoms with Crippen LogP contribution in [0.5, 0.6) is 11.5 Å². The fraction of sp³-hybridized carbons (Fsp3) is 0.188. The lowest BCUT2D eigenvalue weighted by molar-refractivity contribution is -0.116. The molecule has 2 aromatic carbocycles. The number of halogens is 1. The number of aryl methyl sites for hydroxylation is 1. The molecular weight excluding hydrogens is 290 g/mol. The van der Waals surface area contributed by atoms with Gasteiger partial charge in [-0.2, -0.15) is 0 Å². The Labute approximate surface area is 128 Å². The zero-order chi connectivity index (χ0) is 15.2. The van der Waals surface area contributed by atoms with Crippen molar-refractivity contribution in [3.8, 4) is 11.5 Å². The highest BCUT2D eigenvalue weighted by atomic mass is 35.5. The Balaban J connectivity index is 1.90. The van der Waals surface area contributed by atoms with E-state index in [1.54, 1.807) is 36.4 Å². The Morgan fingerprint density at radius 3 is 2.76 bits per heavy atom. The molecule has 0 fully saturated rings. The van der Waals surface area contributed by atoms with E-state index in [2.05, 4.69) is 5.32 Å². The SMILES string of the molecule is COc1ccc(CCC(=O)Nc2cccc(Cl)c2)cc1O. The molecule has 0 saturated carbocycles. The fourth-order valence-corrected chi connectivity index (χ4v) is 2.13. The highest BCUT2D eigenvalue weighted by Crippen LogP contribution is 2.26. The van der Waals surface area contributed by atoms with Crippen molar-refractivity contribution in [3.63, 3.8) is 0 Å². The number of carbonyl (C=O) groups is 1. The third-order valence-corrected chi connectivity index (χ3v) is 3.23. The standard InChI is InChI=1S/C16H16ClNO3/c1-21-15-7-5-11(9-14(15)19)6-8-16(20)18-13-4-2-3-12(17)10-13/h2-5,7,9-10,19H,6,8H2,1H3,(H,18,20). The molecule has 5 heteroatoms. The summed E-state index contributed by atoms with van der Waals surface area (Å²) < 4.78 is 4.97. The van der Waals surface area contributed by atoms with Crippen molar-refractivity contribution in [1.82, 2.24) is 0 Å². The average molecular weight is 306 g/mol. The van der Waals surface area contributed by atoms with Crippen LogP contribution in [0.4, 0.5) is 5.69 Å². The molecule has 0 aliphatic carbocycles. The van der Waals surface area contributed by atoms with Gasteiger partial charge in [-0.1, -0.05) is 23.7 Å². The van der Waals surface area contributed by atoms with Gasteiger partial charge in [-0.15, -0.1) is 0 Å². The third-order valence-electron chi connectivity index (χ3n) is 2.99. The molecule has 0 aliphatic rings. The second kappa shape index (κ2) is 6.99. The van der Waals surface area contributed by atoms with Crippen molar-refractivity contribution in [2.24, 2.45) is 0 Å². The van der Waals surface area contributed by atoms with E-state index in [4.69, 9.17) is 16.3 Å². The van der Waals surface area contributed by atoms with Crippen LogP contribution in [0.3, 0.4) is 0 Å². The average Bonchev–Trinajstić information content (AvgIpc) is 2.45. The van der Waals surface area contributed by atoms with Crippen molar-refractivity contribution in [2.75, 3.05) is 12.4 Å². The largest absolute Gasteiger partial charge is 0.504 e. The first-order chi connectivity index (χ1) is 10.1. The molecule has 0 aromatic heterocycles. The molecule has 21 heavy (non-hydrogen) atoms. The van der Waals surface area contributed by atoms with Crippen molar-refractivity contribution in [2.45, 2.75) is 12.8 Å². The molecule has 2 aromatic rings. The molecule has 0 atom stereocenters. The number of phenolic OH excluding ortho intramolecular Hbond substituents is 1. The van der Waals surface area contributed by atoms with Crippen molar-refractivity contribution >= 4 is 23.2 Å². The fourth-order valence-electron chi connectivity index (χ4n) is 1.94. The monoisotopic (exact) mass is 305 g/mol. The molecule has 4 nitrogen and oxygen atoms in total. The Kier molecular flexibility index (Phi) is 5.06. The minimum absolute atomic E-state index is 0.0743. The summed E-state index contributed by atoms with van der Waals surface area (Å²) in [6, 6.07) is 12.1. The number of ether oxygens (including phenoxy) is 1. The number of nitrogens with one attached hydrogen (secondary N) is 1. The first-order valence-corrected chi connectivity index (χ1v) is 6.87. The molecule has 0 bridgehead atoms. The lowest BCUT2D eigenvalue weighted by Crippen LogP contribution is -2.12. The van der Waals surface area contributed by atoms with Crippen LogP contribution in [0.25, 0.3) is 0 Å². The van der Waals surface area contributed by atoms with E-state index in [0.717, 1.165) is 5.56 Å². The minimum Gasteiger partial charge on any atom is -0.504 e. The predicted molar refractivity (Wildman–Crippen MR) is 83.1 cm³/mol. The summed E-state index contributed by atoms with van der Waals surface area (Å²) in [4.78, 5) is 11.9. The molecule has 2 N–H and O–H groups in total. The summed E-state index contributed by atoms with van der Waals surface area (Å²) >= 11 is 5.86. The first kappa shape index (κ1) is 15.2. The number of hydrogen-bond acceptors (Lipinski definition) is 3. The summed E-state index contributed by atoms with van der Waals surface area (Å²) in [5.41, 5.74) is 1.54. The number of aromatic hydroxyl groups is 1. The molecule has 0 radical (unpaired) electrons. The number of carbonyl (C=O) groups excluding carboxylic acids is 1. The smallest absolute Gasteiger partial charge is 0.224 e. The maximum absolute atomic E-state index is 11.9. The minimum atomic E-state index is -0.104. The summed E-state index contributed by atoms with van der Waals surface area (Å²) in [5.74, 6) is 0.389. The summed E-state index contributed by atoms with van der Waals surface area (Å²) in [6.07, 6.45) is 0.849. The van der Waals surface area contributed by atoms with E-state index >= 15 is 0 Å². The van der Waals surface area contributed by atoms with E-state index in [0.29, 0.717) is 29.3 Å². The number of benzene rings is 2. The normalized spacial score (nSPS) is 10.2. The molecule has 1 amide bonds. The number of rotatable bonds is 5. The van der Waals surface area contributed by atoms with Gasteiger partial charge in [0, 0.05) is 17.1 Å². The molecule has 0 saturated heterocycles. The van der Waals surface area contributed by atoms with E-state index in [1.807, 2.05) is 6.07 Å². The molecule has 0 unspecified atom stereocenters. The summed E-state index contributed by atoms with van der Waals surface area (Å²) in [7, 11) is 1.49. The highest BCUT2D eigenvalue weighted by molar-refractivity contribution is 6.30. The van der Waals surface area contributed by atoms with Gasteiger partial charge in [-0.25, -0.2) is 0 Å². The Hall–Kier alpha value is -2.20. The zero-order valence-electron chi connectivity index (χ0n) is 11.6. The third kappa shape index (κ3) is 4.39. The number of phenols is 1. The van der Waals surface area contributed by atoms with Gasteiger partial charge in [-0.3, -0.25) is 4.79 Å². The Morgan fingerprint density at radius 1 is 1.29 bits per heavy atom. The van der Waals surface area contributed by atoms with Crippen LogP contribution in [-0.4, -0.2) is 18.1 Å². The molecule has 0 heterocycles. The van der Waals surface area contributed by atoms with E-state index in [1.165, 1.54) is 7.11 Å². The number of hydrogen-bond donors (Lipinski definition) is 2. The van der Waals surface area contributed by atoms with E-state index in [-0.39, 0.29) is 11.7 Å². The summed E-state index contributed by atoms with van der Waals surface area (Å²) in [6.45, 7) is 0. The first-order valence-electron chi connectivity index (χ1n) is 6.50. The lowest BCUT2D eigenvalue weighted by Gasteiger charge is -2.07. The second-order valence-electron chi connectivity index (χ2n) is 4.56. The molecule has 0 aliphatic heterocycles. The number of methoxy groups -OCH3 is 1. The topological polar surface area (TPSA) is 58.6 Å². The molecule has 110 valence electrons. The van der Waals surface area contributed by atoms with Crippen LogP contribution in [-0.2, 0) is 11.2 Å². The van der Waals surface area contributed by atoms with Crippen LogP contribution in [0.2, 0.25) is 5.02 Å². The Morgan fingerprint density at radius 2 is 2.10 bits per heavy atom. The quantitative estimate of drug-likeness (QED) is 0.887. The number of amides is 1. The molecule has 2 rings (SSSR count). The van der Waals surface area contributed by atoms with Gasteiger partial charge < -0.3 is 15.2 Å². The van der Waals surface area contributed by atoms with Crippen LogP contribution in [0.15, 0.2) is 42.5 Å². The second-order valence-corrected chi connectivity index (χ2v) is 5.00. The van der Waals surface area contributed by atoms with Crippen molar-refractivity contribution < 1.29 is 14.6 Å². The van der Waals surface area contributed by atoms with Crippen molar-refractivity contribution in [1.29, 1.82) is 0 Å². The van der Waals surface area contributed by atoms with Gasteiger partial charge in [0.05, 0.1) is 7.11 Å².